The Balaban J connectivity index is 0.00000242. The lowest BCUT2D eigenvalue weighted by Gasteiger charge is -2.28. The number of hydrogen-bond acceptors (Lipinski definition) is 5. The van der Waals surface area contributed by atoms with E-state index < -0.39 is 14.9 Å². The second kappa shape index (κ2) is 7.36. The quantitative estimate of drug-likeness (QED) is 0.637. The van der Waals surface area contributed by atoms with Gasteiger partial charge in [-0.15, -0.1) is 12.4 Å². The minimum absolute atomic E-state index is 0. The van der Waals surface area contributed by atoms with Gasteiger partial charge in [-0.1, -0.05) is 12.1 Å². The molecule has 0 radical (unpaired) electrons. The van der Waals surface area contributed by atoms with Crippen LogP contribution in [0, 0.1) is 17.0 Å². The van der Waals surface area contributed by atoms with Gasteiger partial charge in [0.25, 0.3) is 5.69 Å². The zero-order chi connectivity index (χ0) is 15.6. The van der Waals surface area contributed by atoms with Gasteiger partial charge in [0.15, 0.2) is 4.90 Å². The summed E-state index contributed by atoms with van der Waals surface area (Å²) in [6, 6.07) is 4.28. The van der Waals surface area contributed by atoms with E-state index in [1.54, 1.807) is 13.0 Å². The number of nitrogens with zero attached hydrogens (tertiary/aromatic N) is 1. The molecule has 1 saturated heterocycles. The highest BCUT2D eigenvalue weighted by Gasteiger charge is 2.31. The molecule has 2 rings (SSSR count). The second-order valence-corrected chi connectivity index (χ2v) is 7.03. The number of aryl methyl sites for hydroxylation is 1. The summed E-state index contributed by atoms with van der Waals surface area (Å²) in [5.74, 6) is 0. The fourth-order valence-corrected chi connectivity index (χ4v) is 4.33. The van der Waals surface area contributed by atoms with E-state index in [-0.39, 0.29) is 35.1 Å². The number of hydrogen-bond donors (Lipinski definition) is 2. The van der Waals surface area contributed by atoms with Crippen molar-refractivity contribution < 1.29 is 13.3 Å². The predicted octanol–water partition coefficient (Wildman–Crippen LogP) is 1.74. The minimum Gasteiger partial charge on any atom is -0.314 e. The van der Waals surface area contributed by atoms with Crippen molar-refractivity contribution >= 4 is 28.1 Å². The lowest BCUT2D eigenvalue weighted by atomic mass is 10.0. The van der Waals surface area contributed by atoms with Gasteiger partial charge in [-0.05, 0) is 38.8 Å². The van der Waals surface area contributed by atoms with Crippen molar-refractivity contribution in [2.45, 2.75) is 43.7 Å². The average Bonchev–Trinajstić information content (AvgIpc) is 2.37. The van der Waals surface area contributed by atoms with Crippen LogP contribution in [0.15, 0.2) is 23.1 Å². The molecule has 1 heterocycles. The first-order chi connectivity index (χ1) is 9.81. The van der Waals surface area contributed by atoms with E-state index in [0.717, 1.165) is 6.54 Å². The van der Waals surface area contributed by atoms with E-state index in [9.17, 15) is 18.5 Å². The number of rotatable bonds is 4. The van der Waals surface area contributed by atoms with Crippen LogP contribution in [0.2, 0.25) is 0 Å². The van der Waals surface area contributed by atoms with Crippen LogP contribution in [-0.2, 0) is 10.0 Å². The third kappa shape index (κ3) is 4.16. The van der Waals surface area contributed by atoms with Gasteiger partial charge < -0.3 is 5.32 Å². The third-order valence-corrected chi connectivity index (χ3v) is 5.31. The third-order valence-electron chi connectivity index (χ3n) is 3.60. The summed E-state index contributed by atoms with van der Waals surface area (Å²) in [6.07, 6.45) is 1.34. The van der Waals surface area contributed by atoms with Crippen molar-refractivity contribution in [3.8, 4) is 0 Å². The zero-order valence-corrected chi connectivity index (χ0v) is 14.0. The Morgan fingerprint density at radius 3 is 2.68 bits per heavy atom. The normalized spacial score (nSPS) is 21.9. The van der Waals surface area contributed by atoms with Gasteiger partial charge in [0.1, 0.15) is 0 Å². The molecule has 2 atom stereocenters. The number of nitrogens with one attached hydrogen (secondary N) is 2. The SMILES string of the molecule is Cc1cccc([N+](=O)[O-])c1S(=O)(=O)NC1CCNC(C)C1.Cl. The number of nitro benzene ring substituents is 1. The monoisotopic (exact) mass is 349 g/mol. The van der Waals surface area contributed by atoms with Gasteiger partial charge in [0, 0.05) is 18.2 Å². The summed E-state index contributed by atoms with van der Waals surface area (Å²) < 4.78 is 27.6. The first-order valence-electron chi connectivity index (χ1n) is 6.81. The molecule has 9 heteroatoms. The highest BCUT2D eigenvalue weighted by molar-refractivity contribution is 7.89. The first-order valence-corrected chi connectivity index (χ1v) is 8.29. The maximum absolute atomic E-state index is 12.5. The molecule has 1 fully saturated rings. The molecule has 1 aliphatic rings. The lowest BCUT2D eigenvalue weighted by molar-refractivity contribution is -0.387. The second-order valence-electron chi connectivity index (χ2n) is 5.38. The van der Waals surface area contributed by atoms with E-state index in [1.165, 1.54) is 12.1 Å². The lowest BCUT2D eigenvalue weighted by Crippen LogP contribution is -2.46. The molecular weight excluding hydrogens is 330 g/mol. The van der Waals surface area contributed by atoms with E-state index in [1.807, 2.05) is 6.92 Å². The Kier molecular flexibility index (Phi) is 6.30. The maximum Gasteiger partial charge on any atom is 0.289 e. The molecule has 22 heavy (non-hydrogen) atoms. The topological polar surface area (TPSA) is 101 Å². The highest BCUT2D eigenvalue weighted by Crippen LogP contribution is 2.27. The fourth-order valence-electron chi connectivity index (χ4n) is 2.65. The number of sulfonamides is 1. The molecule has 7 nitrogen and oxygen atoms in total. The fraction of sp³-hybridized carbons (Fsp3) is 0.538. The summed E-state index contributed by atoms with van der Waals surface area (Å²) in [7, 11) is -3.91. The summed E-state index contributed by atoms with van der Waals surface area (Å²) in [5.41, 5.74) is -0.0110. The van der Waals surface area contributed by atoms with Crippen LogP contribution in [-0.4, -0.2) is 32.0 Å². The molecule has 2 unspecified atom stereocenters. The summed E-state index contributed by atoms with van der Waals surface area (Å²) in [5, 5.41) is 14.3. The molecule has 0 aliphatic carbocycles. The van der Waals surface area contributed by atoms with E-state index >= 15 is 0 Å². The standard InChI is InChI=1S/C13H19N3O4S.ClH/c1-9-4-3-5-12(16(17)18)13(9)21(19,20)15-11-6-7-14-10(2)8-11;/h3-5,10-11,14-15H,6-8H2,1-2H3;1H. The van der Waals surface area contributed by atoms with Crippen LogP contribution >= 0.6 is 12.4 Å². The van der Waals surface area contributed by atoms with Gasteiger partial charge in [-0.25, -0.2) is 13.1 Å². The van der Waals surface area contributed by atoms with Crippen LogP contribution in [0.3, 0.4) is 0 Å². The average molecular weight is 350 g/mol. The van der Waals surface area contributed by atoms with Crippen molar-refractivity contribution in [2.75, 3.05) is 6.54 Å². The number of halogens is 1. The van der Waals surface area contributed by atoms with E-state index in [2.05, 4.69) is 10.0 Å². The van der Waals surface area contributed by atoms with Gasteiger partial charge in [-0.2, -0.15) is 0 Å². The Labute approximate surface area is 136 Å². The van der Waals surface area contributed by atoms with Crippen molar-refractivity contribution in [3.63, 3.8) is 0 Å². The van der Waals surface area contributed by atoms with Crippen molar-refractivity contribution in [2.24, 2.45) is 0 Å². The largest absolute Gasteiger partial charge is 0.314 e. The molecule has 1 aliphatic heterocycles. The molecule has 124 valence electrons. The molecule has 2 N–H and O–H groups in total. The van der Waals surface area contributed by atoms with Gasteiger partial charge in [0.05, 0.1) is 4.92 Å². The van der Waals surface area contributed by atoms with E-state index in [4.69, 9.17) is 0 Å². The summed E-state index contributed by atoms with van der Waals surface area (Å²) in [4.78, 5) is 10.2. The molecule has 1 aromatic carbocycles. The molecule has 0 saturated carbocycles. The molecule has 0 bridgehead atoms. The van der Waals surface area contributed by atoms with Crippen molar-refractivity contribution in [1.82, 2.24) is 10.0 Å². The molecule has 0 amide bonds. The number of nitro groups is 1. The minimum atomic E-state index is -3.91. The Morgan fingerprint density at radius 2 is 2.09 bits per heavy atom. The highest BCUT2D eigenvalue weighted by atomic mass is 35.5. The Bertz CT molecular complexity index is 651. The molecular formula is C13H20ClN3O4S. The first kappa shape index (κ1) is 18.8. The summed E-state index contributed by atoms with van der Waals surface area (Å²) in [6.45, 7) is 4.27. The predicted molar refractivity (Wildman–Crippen MR) is 85.9 cm³/mol. The van der Waals surface area contributed by atoms with Crippen LogP contribution in [0.5, 0.6) is 0 Å². The van der Waals surface area contributed by atoms with Crippen molar-refractivity contribution in [1.29, 1.82) is 0 Å². The van der Waals surface area contributed by atoms with Gasteiger partial charge in [0.2, 0.25) is 10.0 Å². The zero-order valence-electron chi connectivity index (χ0n) is 12.4. The summed E-state index contributed by atoms with van der Waals surface area (Å²) >= 11 is 0. The van der Waals surface area contributed by atoms with Gasteiger partial charge in [-0.3, -0.25) is 10.1 Å². The Hall–Kier alpha value is -1.22. The van der Waals surface area contributed by atoms with Crippen LogP contribution in [0.4, 0.5) is 5.69 Å². The number of benzene rings is 1. The smallest absolute Gasteiger partial charge is 0.289 e. The molecule has 1 aromatic rings. The van der Waals surface area contributed by atoms with Crippen LogP contribution in [0.25, 0.3) is 0 Å². The van der Waals surface area contributed by atoms with Crippen LogP contribution in [0.1, 0.15) is 25.3 Å². The molecule has 0 aromatic heterocycles. The van der Waals surface area contributed by atoms with E-state index in [0.29, 0.717) is 18.4 Å². The number of piperidine rings is 1. The van der Waals surface area contributed by atoms with Gasteiger partial charge >= 0.3 is 0 Å². The molecule has 0 spiro atoms. The Morgan fingerprint density at radius 1 is 1.41 bits per heavy atom. The van der Waals surface area contributed by atoms with Crippen LogP contribution < -0.4 is 10.0 Å². The van der Waals surface area contributed by atoms with Crippen molar-refractivity contribution in [3.05, 3.63) is 33.9 Å². The maximum atomic E-state index is 12.5.